The van der Waals surface area contributed by atoms with Crippen LogP contribution in [0, 0.1) is 0 Å². The van der Waals surface area contributed by atoms with E-state index in [2.05, 4.69) is 0 Å². The van der Waals surface area contributed by atoms with Crippen LogP contribution in [-0.4, -0.2) is 78.6 Å². The minimum Gasteiger partial charge on any atom is -0.454 e. The molecule has 0 aromatic heterocycles. The summed E-state index contributed by atoms with van der Waals surface area (Å²) in [4.78, 5) is 28.9. The lowest BCUT2D eigenvalue weighted by Gasteiger charge is -2.37. The van der Waals surface area contributed by atoms with Crippen molar-refractivity contribution in [1.29, 1.82) is 0 Å². The number of nitrogens with zero attached hydrogens (tertiary/aromatic N) is 3. The van der Waals surface area contributed by atoms with Crippen LogP contribution in [0.2, 0.25) is 0 Å². The third kappa shape index (κ3) is 3.85. The lowest BCUT2D eigenvalue weighted by molar-refractivity contribution is -0.142. The second kappa shape index (κ2) is 8.07. The molecule has 3 heterocycles. The van der Waals surface area contributed by atoms with Crippen molar-refractivity contribution in [1.82, 2.24) is 14.1 Å². The molecule has 30 heavy (non-hydrogen) atoms. The molecule has 2 amide bonds. The Morgan fingerprint density at radius 3 is 2.53 bits per heavy atom. The zero-order valence-corrected chi connectivity index (χ0v) is 18.1. The van der Waals surface area contributed by atoms with Crippen LogP contribution >= 0.6 is 0 Å². The minimum atomic E-state index is -3.32. The third-order valence-electron chi connectivity index (χ3n) is 5.91. The Hall–Kier alpha value is -2.33. The van der Waals surface area contributed by atoms with Gasteiger partial charge in [0.25, 0.3) is 0 Å². The van der Waals surface area contributed by atoms with Gasteiger partial charge in [-0.15, -0.1) is 0 Å². The average Bonchev–Trinajstić information content (AvgIpc) is 3.34. The van der Waals surface area contributed by atoms with E-state index in [4.69, 9.17) is 9.47 Å². The summed E-state index contributed by atoms with van der Waals surface area (Å²) >= 11 is 0. The molecular weight excluding hydrogens is 410 g/mol. The first-order valence-electron chi connectivity index (χ1n) is 10.2. The van der Waals surface area contributed by atoms with E-state index < -0.39 is 21.3 Å². The van der Waals surface area contributed by atoms with Gasteiger partial charge in [-0.2, -0.15) is 4.31 Å². The smallest absolute Gasteiger partial charge is 0.245 e. The van der Waals surface area contributed by atoms with Crippen LogP contribution in [0.25, 0.3) is 0 Å². The molecule has 1 unspecified atom stereocenters. The zero-order valence-electron chi connectivity index (χ0n) is 17.2. The van der Waals surface area contributed by atoms with Gasteiger partial charge in [0.2, 0.25) is 28.6 Å². The van der Waals surface area contributed by atoms with Gasteiger partial charge in [-0.3, -0.25) is 9.59 Å². The van der Waals surface area contributed by atoms with E-state index in [1.165, 1.54) is 4.31 Å². The monoisotopic (exact) mass is 437 g/mol. The fraction of sp³-hybridized carbons (Fsp3) is 0.600. The lowest BCUT2D eigenvalue weighted by atomic mass is 10.1. The predicted molar refractivity (Wildman–Crippen MR) is 108 cm³/mol. The molecule has 2 fully saturated rings. The number of ether oxygens (including phenoxy) is 2. The summed E-state index contributed by atoms with van der Waals surface area (Å²) in [5.41, 5.74) is 0.875. The molecule has 0 spiro atoms. The molecule has 3 aliphatic heterocycles. The molecule has 1 aromatic carbocycles. The number of hydrogen-bond donors (Lipinski definition) is 0. The molecule has 9 nitrogen and oxygen atoms in total. The first-order chi connectivity index (χ1) is 14.3. The Morgan fingerprint density at radius 2 is 1.83 bits per heavy atom. The summed E-state index contributed by atoms with van der Waals surface area (Å²) in [6, 6.07) is 5.00. The Kier molecular flexibility index (Phi) is 5.63. The van der Waals surface area contributed by atoms with Gasteiger partial charge in [0.05, 0.1) is 5.25 Å². The molecule has 4 rings (SSSR count). The van der Waals surface area contributed by atoms with Crippen molar-refractivity contribution in [2.45, 2.75) is 44.5 Å². The molecule has 3 aliphatic rings. The first kappa shape index (κ1) is 20.9. The van der Waals surface area contributed by atoms with E-state index in [0.717, 1.165) is 5.56 Å². The fourth-order valence-corrected chi connectivity index (χ4v) is 5.37. The van der Waals surface area contributed by atoms with Crippen molar-refractivity contribution >= 4 is 21.8 Å². The number of carbonyl (C=O) groups excluding carboxylic acids is 2. The molecule has 0 radical (unpaired) electrons. The number of benzene rings is 1. The predicted octanol–water partition coefficient (Wildman–Crippen LogP) is 0.789. The van der Waals surface area contributed by atoms with Gasteiger partial charge in [0.15, 0.2) is 11.5 Å². The number of sulfonamides is 1. The van der Waals surface area contributed by atoms with Gasteiger partial charge in [-0.25, -0.2) is 8.42 Å². The summed E-state index contributed by atoms with van der Waals surface area (Å²) in [6.07, 6.45) is 0.815. The quantitative estimate of drug-likeness (QED) is 0.676. The third-order valence-corrected chi connectivity index (χ3v) is 8.19. The summed E-state index contributed by atoms with van der Waals surface area (Å²) < 4.78 is 36.9. The van der Waals surface area contributed by atoms with Gasteiger partial charge in [-0.1, -0.05) is 6.07 Å². The van der Waals surface area contributed by atoms with E-state index >= 15 is 0 Å². The second-order valence-corrected chi connectivity index (χ2v) is 10.6. The van der Waals surface area contributed by atoms with Crippen molar-refractivity contribution in [3.05, 3.63) is 23.8 Å². The number of carbonyl (C=O) groups is 2. The number of hydrogen-bond acceptors (Lipinski definition) is 6. The number of rotatable bonds is 5. The highest BCUT2D eigenvalue weighted by atomic mass is 32.2. The summed E-state index contributed by atoms with van der Waals surface area (Å²) in [7, 11) is -3.32. The number of fused-ring (bicyclic) bond motifs is 1. The van der Waals surface area contributed by atoms with E-state index in [0.29, 0.717) is 44.0 Å². The van der Waals surface area contributed by atoms with Crippen LogP contribution < -0.4 is 9.47 Å². The first-order valence-corrected chi connectivity index (χ1v) is 11.7. The highest BCUT2D eigenvalue weighted by Gasteiger charge is 2.40. The van der Waals surface area contributed by atoms with Crippen molar-refractivity contribution in [2.75, 3.05) is 33.0 Å². The van der Waals surface area contributed by atoms with E-state index in [-0.39, 0.29) is 31.7 Å². The molecule has 1 aromatic rings. The number of piperazine rings is 1. The van der Waals surface area contributed by atoms with Gasteiger partial charge >= 0.3 is 0 Å². The largest absolute Gasteiger partial charge is 0.454 e. The van der Waals surface area contributed by atoms with E-state index in [1.54, 1.807) is 23.6 Å². The van der Waals surface area contributed by atoms with Gasteiger partial charge in [0.1, 0.15) is 6.04 Å². The standard InChI is InChI=1S/C20H27N3O6S/c1-14(2)30(26,27)22-9-7-21(8-10-22)20(25)16-4-6-19(24)23(16)12-15-3-5-17-18(11-15)29-13-28-17/h3,5,11,14,16H,4,6-10,12-13H2,1-2H3. The van der Waals surface area contributed by atoms with E-state index in [1.807, 2.05) is 18.2 Å². The maximum absolute atomic E-state index is 13.1. The molecule has 0 N–H and O–H groups in total. The molecule has 2 saturated heterocycles. The maximum atomic E-state index is 13.1. The Morgan fingerprint density at radius 1 is 1.13 bits per heavy atom. The Labute approximate surface area is 176 Å². The zero-order chi connectivity index (χ0) is 21.5. The molecule has 10 heteroatoms. The number of likely N-dealkylation sites (tertiary alicyclic amines) is 1. The van der Waals surface area contributed by atoms with Crippen molar-refractivity contribution < 1.29 is 27.5 Å². The lowest BCUT2D eigenvalue weighted by Crippen LogP contribution is -2.55. The Balaban J connectivity index is 1.41. The summed E-state index contributed by atoms with van der Waals surface area (Å²) in [6.45, 7) is 5.08. The summed E-state index contributed by atoms with van der Waals surface area (Å²) in [5, 5.41) is -0.482. The highest BCUT2D eigenvalue weighted by molar-refractivity contribution is 7.89. The fourth-order valence-electron chi connectivity index (χ4n) is 4.10. The van der Waals surface area contributed by atoms with E-state index in [9.17, 15) is 18.0 Å². The molecule has 0 saturated carbocycles. The van der Waals surface area contributed by atoms with Crippen LogP contribution in [0.4, 0.5) is 0 Å². The van der Waals surface area contributed by atoms with Gasteiger partial charge < -0.3 is 19.3 Å². The van der Waals surface area contributed by atoms with Crippen LogP contribution in [-0.2, 0) is 26.2 Å². The minimum absolute atomic E-state index is 0.0490. The van der Waals surface area contributed by atoms with Crippen molar-refractivity contribution in [3.63, 3.8) is 0 Å². The van der Waals surface area contributed by atoms with Crippen LogP contribution in [0.1, 0.15) is 32.3 Å². The molecule has 0 aliphatic carbocycles. The van der Waals surface area contributed by atoms with Crippen LogP contribution in [0.15, 0.2) is 18.2 Å². The van der Waals surface area contributed by atoms with Crippen LogP contribution in [0.5, 0.6) is 11.5 Å². The average molecular weight is 438 g/mol. The van der Waals surface area contributed by atoms with Crippen LogP contribution in [0.3, 0.4) is 0 Å². The van der Waals surface area contributed by atoms with Gasteiger partial charge in [-0.05, 0) is 38.0 Å². The second-order valence-electron chi connectivity index (χ2n) is 8.08. The molecule has 1 atom stereocenters. The normalized spacial score (nSPS) is 22.2. The summed E-state index contributed by atoms with van der Waals surface area (Å²) in [5.74, 6) is 1.16. The topological polar surface area (TPSA) is 96.5 Å². The SMILES string of the molecule is CC(C)S(=O)(=O)N1CCN(C(=O)C2CCC(=O)N2Cc2ccc3c(c2)OCO3)CC1. The maximum Gasteiger partial charge on any atom is 0.245 e. The van der Waals surface area contributed by atoms with Crippen molar-refractivity contribution in [3.8, 4) is 11.5 Å². The molecular formula is C20H27N3O6S. The molecule has 0 bridgehead atoms. The van der Waals surface area contributed by atoms with Gasteiger partial charge in [0, 0.05) is 39.1 Å². The Bertz CT molecular complexity index is 940. The molecule has 164 valence electrons. The highest BCUT2D eigenvalue weighted by Crippen LogP contribution is 2.34. The van der Waals surface area contributed by atoms with Crippen molar-refractivity contribution in [2.24, 2.45) is 0 Å². The number of amides is 2.